The van der Waals surface area contributed by atoms with Gasteiger partial charge in [-0.25, -0.2) is 18.6 Å². The van der Waals surface area contributed by atoms with Gasteiger partial charge in [-0.15, -0.1) is 0 Å². The number of aromatic nitrogens is 2. The van der Waals surface area contributed by atoms with Crippen LogP contribution in [0, 0.1) is 11.6 Å². The quantitative estimate of drug-likeness (QED) is 0.451. The van der Waals surface area contributed by atoms with E-state index in [2.05, 4.69) is 9.97 Å². The molecule has 7 heteroatoms. The molecule has 1 aromatic heterocycles. The topological polar surface area (TPSA) is 61.3 Å². The number of carbonyl (C=O) groups excluding carboxylic acids is 1. The van der Waals surface area contributed by atoms with Gasteiger partial charge in [0.25, 0.3) is 0 Å². The molecule has 164 valence electrons. The molecule has 0 fully saturated rings. The predicted molar refractivity (Wildman–Crippen MR) is 116 cm³/mol. The molecule has 1 heterocycles. The molecule has 32 heavy (non-hydrogen) atoms. The number of esters is 1. The van der Waals surface area contributed by atoms with Crippen molar-refractivity contribution in [2.45, 2.75) is 32.8 Å². The molecule has 0 amide bonds. The molecule has 0 saturated carbocycles. The Balaban J connectivity index is 1.65. The van der Waals surface area contributed by atoms with Crippen molar-refractivity contribution in [1.29, 1.82) is 0 Å². The van der Waals surface area contributed by atoms with E-state index in [1.54, 1.807) is 13.1 Å². The molecule has 0 bridgehead atoms. The van der Waals surface area contributed by atoms with Crippen LogP contribution in [-0.2, 0) is 11.3 Å². The molecular formula is C25H22F2N2O3. The van der Waals surface area contributed by atoms with Gasteiger partial charge in [0, 0.05) is 17.2 Å². The largest absolute Gasteiger partial charge is 0.488 e. The summed E-state index contributed by atoms with van der Waals surface area (Å²) in [7, 11) is 0. The first kappa shape index (κ1) is 21.6. The van der Waals surface area contributed by atoms with Crippen LogP contribution >= 0.6 is 0 Å². The second kappa shape index (κ2) is 9.68. The molecule has 0 radical (unpaired) electrons. The minimum Gasteiger partial charge on any atom is -0.488 e. The van der Waals surface area contributed by atoms with Crippen molar-refractivity contribution in [2.24, 2.45) is 0 Å². The van der Waals surface area contributed by atoms with E-state index in [0.717, 1.165) is 42.0 Å². The minimum absolute atomic E-state index is 0.0239. The summed E-state index contributed by atoms with van der Waals surface area (Å²) in [6.45, 7) is 1.98. The monoisotopic (exact) mass is 436 g/mol. The maximum Gasteiger partial charge on any atom is 0.358 e. The Morgan fingerprint density at radius 3 is 2.69 bits per heavy atom. The fourth-order valence-electron chi connectivity index (χ4n) is 3.77. The molecule has 1 aliphatic rings. The minimum atomic E-state index is -0.644. The van der Waals surface area contributed by atoms with Gasteiger partial charge in [-0.2, -0.15) is 0 Å². The summed E-state index contributed by atoms with van der Waals surface area (Å²) >= 11 is 0. The Labute approximate surface area is 184 Å². The van der Waals surface area contributed by atoms with E-state index in [4.69, 9.17) is 9.47 Å². The molecule has 2 aromatic carbocycles. The smallest absolute Gasteiger partial charge is 0.358 e. The molecule has 0 spiro atoms. The summed E-state index contributed by atoms with van der Waals surface area (Å²) in [5.74, 6) is -1.18. The van der Waals surface area contributed by atoms with Crippen molar-refractivity contribution in [2.75, 3.05) is 6.61 Å². The van der Waals surface area contributed by atoms with E-state index in [0.29, 0.717) is 11.4 Å². The van der Waals surface area contributed by atoms with E-state index in [1.165, 1.54) is 18.3 Å². The average Bonchev–Trinajstić information content (AvgIpc) is 3.29. The second-order valence-corrected chi connectivity index (χ2v) is 7.34. The third-order valence-electron chi connectivity index (χ3n) is 5.26. The van der Waals surface area contributed by atoms with E-state index in [1.807, 2.05) is 24.3 Å². The number of carbonyl (C=O) groups is 1. The highest BCUT2D eigenvalue weighted by atomic mass is 19.1. The number of rotatable bonds is 7. The number of halogens is 2. The highest BCUT2D eigenvalue weighted by Gasteiger charge is 2.22. The third kappa shape index (κ3) is 4.66. The Hall–Kier alpha value is -3.61. The summed E-state index contributed by atoms with van der Waals surface area (Å²) in [4.78, 5) is 20.7. The van der Waals surface area contributed by atoms with Crippen LogP contribution in [0.2, 0.25) is 0 Å². The van der Waals surface area contributed by atoms with Crippen LogP contribution in [0.1, 0.15) is 53.5 Å². The Kier molecular flexibility index (Phi) is 6.54. The van der Waals surface area contributed by atoms with Crippen LogP contribution in [0.3, 0.4) is 0 Å². The normalized spacial score (nSPS) is 13.3. The molecule has 4 rings (SSSR count). The van der Waals surface area contributed by atoms with Gasteiger partial charge in [0.1, 0.15) is 24.0 Å². The Bertz CT molecular complexity index is 1180. The molecule has 0 saturated heterocycles. The van der Waals surface area contributed by atoms with Crippen molar-refractivity contribution in [3.63, 3.8) is 0 Å². The standard InChI is InChI=1S/C25H22F2N2O3/c1-2-31-25(30)23-14-28-13-22(29-23)19-8-5-7-18(19)20-6-3-4-9-24(20)32-15-16-10-11-17(26)12-21(16)27/h3-4,6,9-14H,2,5,7-8,15H2,1H3. The van der Waals surface area contributed by atoms with Crippen LogP contribution in [0.25, 0.3) is 11.1 Å². The molecule has 0 N–H and O–H groups in total. The lowest BCUT2D eigenvalue weighted by Crippen LogP contribution is -2.09. The number of hydrogen-bond acceptors (Lipinski definition) is 5. The van der Waals surface area contributed by atoms with Gasteiger partial charge in [-0.05, 0) is 55.5 Å². The zero-order valence-corrected chi connectivity index (χ0v) is 17.6. The number of ether oxygens (including phenoxy) is 2. The zero-order chi connectivity index (χ0) is 22.5. The fourth-order valence-corrected chi connectivity index (χ4v) is 3.77. The number of benzene rings is 2. The first-order valence-corrected chi connectivity index (χ1v) is 10.4. The summed E-state index contributed by atoms with van der Waals surface area (Å²) in [6, 6.07) is 10.9. The maximum atomic E-state index is 14.0. The summed E-state index contributed by atoms with van der Waals surface area (Å²) < 4.78 is 38.2. The number of nitrogens with zero attached hydrogens (tertiary/aromatic N) is 2. The molecule has 0 atom stereocenters. The van der Waals surface area contributed by atoms with Gasteiger partial charge < -0.3 is 9.47 Å². The molecule has 1 aliphatic carbocycles. The third-order valence-corrected chi connectivity index (χ3v) is 5.26. The van der Waals surface area contributed by atoms with Gasteiger partial charge in [-0.1, -0.05) is 18.2 Å². The van der Waals surface area contributed by atoms with Crippen molar-refractivity contribution < 1.29 is 23.0 Å². The maximum absolute atomic E-state index is 14.0. The van der Waals surface area contributed by atoms with Gasteiger partial charge in [0.05, 0.1) is 24.7 Å². The summed E-state index contributed by atoms with van der Waals surface area (Å²) in [5, 5.41) is 0. The van der Waals surface area contributed by atoms with Crippen molar-refractivity contribution in [1.82, 2.24) is 9.97 Å². The molecular weight excluding hydrogens is 414 g/mol. The average molecular weight is 436 g/mol. The lowest BCUT2D eigenvalue weighted by atomic mass is 9.99. The molecule has 3 aromatic rings. The van der Waals surface area contributed by atoms with Crippen LogP contribution in [0.4, 0.5) is 8.78 Å². The second-order valence-electron chi connectivity index (χ2n) is 7.34. The van der Waals surface area contributed by atoms with Gasteiger partial charge in [0.2, 0.25) is 0 Å². The molecule has 5 nitrogen and oxygen atoms in total. The van der Waals surface area contributed by atoms with E-state index in [9.17, 15) is 13.6 Å². The number of hydrogen-bond donors (Lipinski definition) is 0. The Morgan fingerprint density at radius 2 is 1.88 bits per heavy atom. The SMILES string of the molecule is CCOC(=O)c1cncc(C2=C(c3ccccc3OCc3ccc(F)cc3F)CCC2)n1. The molecule has 0 aliphatic heterocycles. The summed E-state index contributed by atoms with van der Waals surface area (Å²) in [6.07, 6.45) is 5.56. The highest BCUT2D eigenvalue weighted by Crippen LogP contribution is 2.42. The van der Waals surface area contributed by atoms with E-state index >= 15 is 0 Å². The first-order valence-electron chi connectivity index (χ1n) is 10.4. The predicted octanol–water partition coefficient (Wildman–Crippen LogP) is 5.61. The van der Waals surface area contributed by atoms with Gasteiger partial charge in [0.15, 0.2) is 5.69 Å². The van der Waals surface area contributed by atoms with Crippen LogP contribution in [0.15, 0.2) is 54.9 Å². The fraction of sp³-hybridized carbons (Fsp3) is 0.240. The van der Waals surface area contributed by atoms with Crippen LogP contribution < -0.4 is 4.74 Å². The van der Waals surface area contributed by atoms with E-state index in [-0.39, 0.29) is 24.5 Å². The van der Waals surface area contributed by atoms with Crippen LogP contribution in [0.5, 0.6) is 5.75 Å². The van der Waals surface area contributed by atoms with Gasteiger partial charge in [-0.3, -0.25) is 4.98 Å². The van der Waals surface area contributed by atoms with Crippen molar-refractivity contribution in [3.05, 3.63) is 89.0 Å². The van der Waals surface area contributed by atoms with Crippen molar-refractivity contribution in [3.8, 4) is 5.75 Å². The lowest BCUT2D eigenvalue weighted by Gasteiger charge is -2.14. The van der Waals surface area contributed by atoms with Crippen molar-refractivity contribution >= 4 is 17.1 Å². The number of para-hydroxylation sites is 1. The Morgan fingerprint density at radius 1 is 1.06 bits per heavy atom. The highest BCUT2D eigenvalue weighted by molar-refractivity contribution is 5.94. The van der Waals surface area contributed by atoms with E-state index < -0.39 is 17.6 Å². The zero-order valence-electron chi connectivity index (χ0n) is 17.6. The van der Waals surface area contributed by atoms with Gasteiger partial charge >= 0.3 is 5.97 Å². The number of allylic oxidation sites excluding steroid dienone is 2. The molecule has 0 unspecified atom stereocenters. The lowest BCUT2D eigenvalue weighted by molar-refractivity contribution is 0.0518. The van der Waals surface area contributed by atoms with Crippen LogP contribution in [-0.4, -0.2) is 22.5 Å². The summed E-state index contributed by atoms with van der Waals surface area (Å²) in [5.41, 5.74) is 3.99. The first-order chi connectivity index (χ1) is 15.6.